The van der Waals surface area contributed by atoms with Crippen LogP contribution < -0.4 is 11.1 Å². The molecule has 0 radical (unpaired) electrons. The highest BCUT2D eigenvalue weighted by Crippen LogP contribution is 2.21. The topological polar surface area (TPSA) is 61.6 Å². The third-order valence-corrected chi connectivity index (χ3v) is 4.53. The lowest BCUT2D eigenvalue weighted by Gasteiger charge is -2.25. The number of amides is 2. The van der Waals surface area contributed by atoms with E-state index in [1.54, 1.807) is 0 Å². The summed E-state index contributed by atoms with van der Waals surface area (Å²) in [5, 5.41) is 3.00. The van der Waals surface area contributed by atoms with E-state index in [4.69, 9.17) is 5.73 Å². The summed E-state index contributed by atoms with van der Waals surface area (Å²) < 4.78 is 0. The van der Waals surface area contributed by atoms with Crippen LogP contribution >= 0.6 is 0 Å². The minimum Gasteiger partial charge on any atom is -0.326 e. The van der Waals surface area contributed by atoms with E-state index < -0.39 is 0 Å². The van der Waals surface area contributed by atoms with Crippen molar-refractivity contribution < 1.29 is 4.79 Å². The van der Waals surface area contributed by atoms with Crippen LogP contribution in [0.4, 0.5) is 10.5 Å². The fraction of sp³-hybridized carbons (Fsp3) is 0.562. The first kappa shape index (κ1) is 14.4. The normalized spacial score (nSPS) is 22.7. The Morgan fingerprint density at radius 2 is 1.95 bits per heavy atom. The van der Waals surface area contributed by atoms with Gasteiger partial charge in [0.25, 0.3) is 0 Å². The third kappa shape index (κ3) is 3.36. The molecule has 1 unspecified atom stereocenters. The molecule has 0 saturated carbocycles. The maximum Gasteiger partial charge on any atom is 0.321 e. The monoisotopic (exact) mass is 288 g/mol. The number of carbonyl (C=O) groups is 1. The second kappa shape index (κ2) is 6.45. The average molecular weight is 288 g/mol. The molecule has 2 heterocycles. The van der Waals surface area contributed by atoms with E-state index in [0.29, 0.717) is 12.6 Å². The van der Waals surface area contributed by atoms with Crippen LogP contribution in [0, 0.1) is 0 Å². The molecule has 3 rings (SSSR count). The number of benzene rings is 1. The van der Waals surface area contributed by atoms with Crippen molar-refractivity contribution in [3.63, 3.8) is 0 Å². The summed E-state index contributed by atoms with van der Waals surface area (Å²) >= 11 is 0. The van der Waals surface area contributed by atoms with Crippen molar-refractivity contribution in [1.82, 2.24) is 9.80 Å². The molecule has 2 fully saturated rings. The van der Waals surface area contributed by atoms with E-state index in [0.717, 1.165) is 37.3 Å². The van der Waals surface area contributed by atoms with Crippen molar-refractivity contribution in [1.29, 1.82) is 0 Å². The minimum atomic E-state index is 0.0178. The maximum absolute atomic E-state index is 12.4. The molecule has 1 atom stereocenters. The molecule has 0 spiro atoms. The summed E-state index contributed by atoms with van der Waals surface area (Å²) in [6.45, 7) is 4.55. The number of hydrogen-bond donors (Lipinski definition) is 2. The molecule has 0 aromatic heterocycles. The van der Waals surface area contributed by atoms with Gasteiger partial charge in [-0.2, -0.15) is 0 Å². The fourth-order valence-electron chi connectivity index (χ4n) is 3.32. The van der Waals surface area contributed by atoms with Gasteiger partial charge in [0.05, 0.1) is 0 Å². The predicted octanol–water partition coefficient (Wildman–Crippen LogP) is 1.85. The lowest BCUT2D eigenvalue weighted by atomic mass is 10.2. The Bertz CT molecular complexity index is 488. The summed E-state index contributed by atoms with van der Waals surface area (Å²) in [7, 11) is 0. The highest BCUT2D eigenvalue weighted by atomic mass is 16.2. The molecular weight excluding hydrogens is 264 g/mol. The number of hydrogen-bond acceptors (Lipinski definition) is 3. The van der Waals surface area contributed by atoms with Crippen molar-refractivity contribution in [2.75, 3.05) is 31.5 Å². The molecule has 1 aromatic carbocycles. The van der Waals surface area contributed by atoms with Gasteiger partial charge in [0, 0.05) is 37.9 Å². The van der Waals surface area contributed by atoms with E-state index in [-0.39, 0.29) is 6.03 Å². The van der Waals surface area contributed by atoms with Gasteiger partial charge < -0.3 is 16.0 Å². The quantitative estimate of drug-likeness (QED) is 0.873. The van der Waals surface area contributed by atoms with Crippen LogP contribution in [0.3, 0.4) is 0 Å². The molecule has 5 nitrogen and oxygen atoms in total. The SMILES string of the molecule is NCc1ccc(NC(=O)N2CCCN3CCCC3C2)cc1. The Morgan fingerprint density at radius 3 is 2.71 bits per heavy atom. The molecule has 1 aromatic rings. The first-order valence-corrected chi connectivity index (χ1v) is 7.85. The molecule has 21 heavy (non-hydrogen) atoms. The number of nitrogens with two attached hydrogens (primary N) is 1. The van der Waals surface area contributed by atoms with Crippen LogP contribution in [0.5, 0.6) is 0 Å². The highest BCUT2D eigenvalue weighted by Gasteiger charge is 2.30. The van der Waals surface area contributed by atoms with E-state index in [1.165, 1.54) is 19.4 Å². The van der Waals surface area contributed by atoms with Crippen molar-refractivity contribution >= 4 is 11.7 Å². The zero-order chi connectivity index (χ0) is 14.7. The molecule has 114 valence electrons. The molecule has 2 saturated heterocycles. The summed E-state index contributed by atoms with van der Waals surface area (Å²) in [5.41, 5.74) is 7.50. The van der Waals surface area contributed by atoms with Crippen LogP contribution in [0.2, 0.25) is 0 Å². The summed E-state index contributed by atoms with van der Waals surface area (Å²) in [6.07, 6.45) is 3.55. The zero-order valence-corrected chi connectivity index (χ0v) is 12.4. The van der Waals surface area contributed by atoms with Crippen LogP contribution in [0.15, 0.2) is 24.3 Å². The van der Waals surface area contributed by atoms with E-state index >= 15 is 0 Å². The van der Waals surface area contributed by atoms with Crippen molar-refractivity contribution in [2.45, 2.75) is 31.8 Å². The van der Waals surface area contributed by atoms with Crippen LogP contribution in [0.25, 0.3) is 0 Å². The van der Waals surface area contributed by atoms with Gasteiger partial charge in [-0.05, 0) is 43.5 Å². The molecule has 0 bridgehead atoms. The first-order valence-electron chi connectivity index (χ1n) is 7.85. The molecule has 2 aliphatic rings. The van der Waals surface area contributed by atoms with Gasteiger partial charge in [0.2, 0.25) is 0 Å². The Labute approximate surface area is 126 Å². The molecular formula is C16H24N4O. The largest absolute Gasteiger partial charge is 0.326 e. The van der Waals surface area contributed by atoms with Gasteiger partial charge in [-0.25, -0.2) is 4.79 Å². The van der Waals surface area contributed by atoms with Gasteiger partial charge in [0.1, 0.15) is 0 Å². The van der Waals surface area contributed by atoms with Crippen LogP contribution in [-0.2, 0) is 6.54 Å². The average Bonchev–Trinajstić information content (AvgIpc) is 2.85. The van der Waals surface area contributed by atoms with Gasteiger partial charge in [-0.3, -0.25) is 4.90 Å². The standard InChI is InChI=1S/C16H24N4O/c17-11-13-4-6-14(7-5-13)18-16(21)20-10-2-9-19-8-1-3-15(19)12-20/h4-7,15H,1-3,8-12,17H2,(H,18,21). The van der Waals surface area contributed by atoms with Gasteiger partial charge >= 0.3 is 6.03 Å². The Morgan fingerprint density at radius 1 is 1.19 bits per heavy atom. The Hall–Kier alpha value is -1.59. The zero-order valence-electron chi connectivity index (χ0n) is 12.4. The molecule has 5 heteroatoms. The lowest BCUT2D eigenvalue weighted by Crippen LogP contribution is -2.41. The first-order chi connectivity index (χ1) is 10.3. The van der Waals surface area contributed by atoms with Gasteiger partial charge in [0.15, 0.2) is 0 Å². The molecule has 2 aliphatic heterocycles. The second-order valence-corrected chi connectivity index (χ2v) is 5.96. The summed E-state index contributed by atoms with van der Waals surface area (Å²) in [6, 6.07) is 8.31. The number of rotatable bonds is 2. The number of carbonyl (C=O) groups excluding carboxylic acids is 1. The van der Waals surface area contributed by atoms with E-state index in [9.17, 15) is 4.79 Å². The van der Waals surface area contributed by atoms with Crippen LogP contribution in [0.1, 0.15) is 24.8 Å². The van der Waals surface area contributed by atoms with Crippen LogP contribution in [-0.4, -0.2) is 48.1 Å². The summed E-state index contributed by atoms with van der Waals surface area (Å²) in [4.78, 5) is 16.9. The number of nitrogens with zero attached hydrogens (tertiary/aromatic N) is 2. The van der Waals surface area contributed by atoms with E-state index in [1.807, 2.05) is 29.2 Å². The van der Waals surface area contributed by atoms with Crippen molar-refractivity contribution in [3.05, 3.63) is 29.8 Å². The number of fused-ring (bicyclic) bond motifs is 1. The number of nitrogens with one attached hydrogen (secondary N) is 1. The minimum absolute atomic E-state index is 0.0178. The van der Waals surface area contributed by atoms with Gasteiger partial charge in [-0.15, -0.1) is 0 Å². The second-order valence-electron chi connectivity index (χ2n) is 5.96. The lowest BCUT2D eigenvalue weighted by molar-refractivity contribution is 0.200. The number of anilines is 1. The third-order valence-electron chi connectivity index (χ3n) is 4.53. The molecule has 2 amide bonds. The predicted molar refractivity (Wildman–Crippen MR) is 84.1 cm³/mol. The Balaban J connectivity index is 1.61. The Kier molecular flexibility index (Phi) is 4.41. The number of urea groups is 1. The maximum atomic E-state index is 12.4. The fourth-order valence-corrected chi connectivity index (χ4v) is 3.32. The molecule has 0 aliphatic carbocycles. The highest BCUT2D eigenvalue weighted by molar-refractivity contribution is 5.89. The molecule has 3 N–H and O–H groups in total. The van der Waals surface area contributed by atoms with Gasteiger partial charge in [-0.1, -0.05) is 12.1 Å². The van der Waals surface area contributed by atoms with Crippen molar-refractivity contribution in [3.8, 4) is 0 Å². The van der Waals surface area contributed by atoms with E-state index in [2.05, 4.69) is 10.2 Å². The van der Waals surface area contributed by atoms with Crippen molar-refractivity contribution in [2.24, 2.45) is 5.73 Å². The summed E-state index contributed by atoms with van der Waals surface area (Å²) in [5.74, 6) is 0. The smallest absolute Gasteiger partial charge is 0.321 e.